The quantitative estimate of drug-likeness (QED) is 0.397. The minimum absolute atomic E-state index is 0.0901. The molecule has 0 fully saturated rings. The van der Waals surface area contributed by atoms with Crippen molar-refractivity contribution in [3.8, 4) is 0 Å². The Balaban J connectivity index is 2.05. The van der Waals surface area contributed by atoms with Gasteiger partial charge in [0.25, 0.3) is 0 Å². The summed E-state index contributed by atoms with van der Waals surface area (Å²) in [7, 11) is -3.22. The van der Waals surface area contributed by atoms with Crippen molar-refractivity contribution in [2.45, 2.75) is 26.8 Å². The Morgan fingerprint density at radius 1 is 1.40 bits per heavy atom. The summed E-state index contributed by atoms with van der Waals surface area (Å²) in [5.74, 6) is 1.53. The normalized spacial score (nSPS) is 12.3. The first-order valence-corrected chi connectivity index (χ1v) is 9.77. The highest BCUT2D eigenvalue weighted by Crippen LogP contribution is 2.49. The minimum atomic E-state index is -3.22. The maximum absolute atomic E-state index is 12.4. The first kappa shape index (κ1) is 19.6. The van der Waals surface area contributed by atoms with Crippen LogP contribution in [0.5, 0.6) is 0 Å². The second-order valence-corrected chi connectivity index (χ2v) is 7.33. The molecule has 0 saturated carbocycles. The van der Waals surface area contributed by atoms with Crippen molar-refractivity contribution in [3.05, 3.63) is 35.5 Å². The molecule has 0 aliphatic carbocycles. The Bertz CT molecular complexity index is 826. The van der Waals surface area contributed by atoms with Gasteiger partial charge in [-0.1, -0.05) is 29.8 Å². The molecular weight excluding hydrogens is 365 g/mol. The molecule has 0 radical (unpaired) electrons. The molecule has 0 saturated heterocycles. The zero-order chi connectivity index (χ0) is 18.4. The summed E-state index contributed by atoms with van der Waals surface area (Å²) in [5, 5.41) is 0.217. The summed E-state index contributed by atoms with van der Waals surface area (Å²) < 4.78 is 24.6. The fourth-order valence-electron chi connectivity index (χ4n) is 2.12. The zero-order valence-electron chi connectivity index (χ0n) is 14.2. The van der Waals surface area contributed by atoms with Gasteiger partial charge in [-0.2, -0.15) is 9.97 Å². The molecule has 10 heteroatoms. The average molecular weight is 386 g/mol. The van der Waals surface area contributed by atoms with Crippen LogP contribution in [0.1, 0.15) is 20.3 Å². The summed E-state index contributed by atoms with van der Waals surface area (Å²) in [5.41, 5.74) is 7.44. The molecule has 2 aromatic rings. The second kappa shape index (κ2) is 8.58. The van der Waals surface area contributed by atoms with E-state index in [4.69, 9.17) is 26.4 Å². The van der Waals surface area contributed by atoms with E-state index in [0.717, 1.165) is 5.57 Å². The molecule has 25 heavy (non-hydrogen) atoms. The van der Waals surface area contributed by atoms with Gasteiger partial charge in [0.15, 0.2) is 10.8 Å². The number of aromatic nitrogens is 4. The van der Waals surface area contributed by atoms with Gasteiger partial charge in [-0.05, 0) is 20.3 Å². The van der Waals surface area contributed by atoms with E-state index in [1.165, 1.54) is 5.82 Å². The van der Waals surface area contributed by atoms with Crippen molar-refractivity contribution in [2.75, 3.05) is 18.9 Å². The predicted molar refractivity (Wildman–Crippen MR) is 98.5 cm³/mol. The lowest BCUT2D eigenvalue weighted by molar-refractivity contribution is 0.229. The minimum Gasteiger partial charge on any atom is -0.368 e. The largest absolute Gasteiger partial charge is 0.368 e. The third kappa shape index (κ3) is 5.12. The van der Waals surface area contributed by atoms with Crippen molar-refractivity contribution >= 4 is 36.3 Å². The van der Waals surface area contributed by atoms with E-state index in [1.54, 1.807) is 26.3 Å². The summed E-state index contributed by atoms with van der Waals surface area (Å²) in [4.78, 5) is 12.2. The predicted octanol–water partition coefficient (Wildman–Crippen LogP) is 3.79. The molecular formula is C15H21ClN5O3P. The number of nitrogen functional groups attached to an aromatic ring is 1. The smallest absolute Gasteiger partial charge is 0.354 e. The van der Waals surface area contributed by atoms with Crippen LogP contribution >= 0.6 is 19.2 Å². The van der Waals surface area contributed by atoms with Crippen molar-refractivity contribution in [1.29, 1.82) is 0 Å². The number of anilines is 1. The van der Waals surface area contributed by atoms with Gasteiger partial charge >= 0.3 is 7.60 Å². The van der Waals surface area contributed by atoms with E-state index < -0.39 is 7.60 Å². The molecule has 2 N–H and O–H groups in total. The molecule has 0 spiro atoms. The highest BCUT2D eigenvalue weighted by Gasteiger charge is 2.18. The molecule has 0 aliphatic heterocycles. The van der Waals surface area contributed by atoms with E-state index >= 15 is 0 Å². The Morgan fingerprint density at radius 3 is 2.72 bits per heavy atom. The summed E-state index contributed by atoms with van der Waals surface area (Å²) >= 11 is 6.00. The van der Waals surface area contributed by atoms with Gasteiger partial charge in [0.05, 0.1) is 19.5 Å². The Morgan fingerprint density at radius 2 is 2.08 bits per heavy atom. The number of aryl methyl sites for hydroxylation is 1. The van der Waals surface area contributed by atoms with Crippen LogP contribution < -0.4 is 5.73 Å². The standard InChI is InChI=1S/C15H21ClN5O3P/c1-4-23-25(22,24-5-2)9-7-11(3)6-8-21-10-18-12-13(16)19-15(17)20-14(12)21/h7,9-10H,3-6,8H2,1-2H3,(H2,17,19,20)/b9-7+. The topological polar surface area (TPSA) is 105 Å². The van der Waals surface area contributed by atoms with E-state index in [9.17, 15) is 4.57 Å². The molecule has 0 aliphatic rings. The van der Waals surface area contributed by atoms with E-state index in [-0.39, 0.29) is 11.1 Å². The number of fused-ring (bicyclic) bond motifs is 1. The van der Waals surface area contributed by atoms with Gasteiger partial charge in [0.1, 0.15) is 5.52 Å². The van der Waals surface area contributed by atoms with Crippen molar-refractivity contribution in [1.82, 2.24) is 19.5 Å². The third-order valence-electron chi connectivity index (χ3n) is 3.22. The van der Waals surface area contributed by atoms with E-state index in [2.05, 4.69) is 21.5 Å². The van der Waals surface area contributed by atoms with Crippen LogP contribution in [-0.4, -0.2) is 32.7 Å². The second-order valence-electron chi connectivity index (χ2n) is 5.08. The van der Waals surface area contributed by atoms with Crippen LogP contribution in [-0.2, 0) is 20.2 Å². The van der Waals surface area contributed by atoms with Crippen LogP contribution in [0.4, 0.5) is 5.95 Å². The van der Waals surface area contributed by atoms with Crippen molar-refractivity contribution in [3.63, 3.8) is 0 Å². The average Bonchev–Trinajstić information content (AvgIpc) is 2.95. The van der Waals surface area contributed by atoms with Gasteiger partial charge in [-0.15, -0.1) is 0 Å². The first-order valence-electron chi connectivity index (χ1n) is 7.78. The monoisotopic (exact) mass is 385 g/mol. The van der Waals surface area contributed by atoms with Crippen LogP contribution in [0.3, 0.4) is 0 Å². The summed E-state index contributed by atoms with van der Waals surface area (Å²) in [6.07, 6.45) is 3.86. The molecule has 0 unspecified atom stereocenters. The Kier molecular flexibility index (Phi) is 6.72. The van der Waals surface area contributed by atoms with Crippen LogP contribution in [0.25, 0.3) is 11.2 Å². The number of nitrogens with zero attached hydrogens (tertiary/aromatic N) is 4. The first-order chi connectivity index (χ1) is 11.9. The van der Waals surface area contributed by atoms with E-state index in [0.29, 0.717) is 37.3 Å². The number of hydrogen-bond donors (Lipinski definition) is 1. The lowest BCUT2D eigenvalue weighted by atomic mass is 10.2. The summed E-state index contributed by atoms with van der Waals surface area (Å²) in [6, 6.07) is 0. The lowest BCUT2D eigenvalue weighted by Crippen LogP contribution is -2.01. The fourth-order valence-corrected chi connectivity index (χ4v) is 3.70. The molecule has 8 nitrogen and oxygen atoms in total. The van der Waals surface area contributed by atoms with Gasteiger partial charge in [-0.25, -0.2) is 4.98 Å². The molecule has 0 amide bonds. The molecule has 2 aromatic heterocycles. The lowest BCUT2D eigenvalue weighted by Gasteiger charge is -2.12. The number of nitrogens with two attached hydrogens (primary N) is 1. The highest BCUT2D eigenvalue weighted by atomic mass is 35.5. The fraction of sp³-hybridized carbons (Fsp3) is 0.400. The highest BCUT2D eigenvalue weighted by molar-refractivity contribution is 7.57. The van der Waals surface area contributed by atoms with Gasteiger partial charge in [0, 0.05) is 12.4 Å². The van der Waals surface area contributed by atoms with Crippen LogP contribution in [0.15, 0.2) is 30.4 Å². The van der Waals surface area contributed by atoms with Gasteiger partial charge < -0.3 is 19.3 Å². The third-order valence-corrected chi connectivity index (χ3v) is 5.24. The zero-order valence-corrected chi connectivity index (χ0v) is 15.8. The number of imidazole rings is 1. The Labute approximate surface area is 151 Å². The maximum atomic E-state index is 12.4. The van der Waals surface area contributed by atoms with Crippen molar-refractivity contribution in [2.24, 2.45) is 0 Å². The Hall–Kier alpha value is -1.73. The molecule has 0 aromatic carbocycles. The van der Waals surface area contributed by atoms with Gasteiger partial charge in [-0.3, -0.25) is 4.57 Å². The molecule has 2 heterocycles. The van der Waals surface area contributed by atoms with Crippen LogP contribution in [0.2, 0.25) is 5.15 Å². The van der Waals surface area contributed by atoms with Crippen molar-refractivity contribution < 1.29 is 13.6 Å². The van der Waals surface area contributed by atoms with E-state index in [1.807, 2.05) is 4.57 Å². The molecule has 2 rings (SSSR count). The molecule has 0 bridgehead atoms. The number of rotatable bonds is 9. The molecule has 136 valence electrons. The number of halogens is 1. The van der Waals surface area contributed by atoms with Gasteiger partial charge in [0.2, 0.25) is 5.95 Å². The summed E-state index contributed by atoms with van der Waals surface area (Å²) in [6.45, 7) is 8.64. The maximum Gasteiger partial charge on any atom is 0.354 e. The number of hydrogen-bond acceptors (Lipinski definition) is 7. The molecule has 0 atom stereocenters. The number of allylic oxidation sites excluding steroid dienone is 2. The van der Waals surface area contributed by atoms with Crippen LogP contribution in [0, 0.1) is 0 Å². The SMILES string of the molecule is C=C(/C=C/P(=O)(OCC)OCC)CCn1cnc2c(Cl)nc(N)nc21.